The molecule has 0 spiro atoms. The number of rotatable bonds is 3. The van der Waals surface area contributed by atoms with Gasteiger partial charge in [0.2, 0.25) is 0 Å². The molecule has 0 unspecified atom stereocenters. The highest BCUT2D eigenvalue weighted by molar-refractivity contribution is 5.89. The molecule has 1 aromatic carbocycles. The lowest BCUT2D eigenvalue weighted by Crippen LogP contribution is -2.33. The Kier molecular flexibility index (Phi) is 3.87. The van der Waals surface area contributed by atoms with Crippen LogP contribution in [0.4, 0.5) is 10.5 Å². The van der Waals surface area contributed by atoms with Crippen LogP contribution in [0.1, 0.15) is 12.0 Å². The van der Waals surface area contributed by atoms with E-state index in [-0.39, 0.29) is 6.03 Å². The number of aliphatic hydroxyl groups is 1. The average Bonchev–Trinajstić information content (AvgIpc) is 3.09. The second-order valence-corrected chi connectivity index (χ2v) is 5.23. The van der Waals surface area contributed by atoms with E-state index >= 15 is 0 Å². The van der Waals surface area contributed by atoms with Gasteiger partial charge in [0.15, 0.2) is 0 Å². The number of carbonyl (C=O) groups is 1. The van der Waals surface area contributed by atoms with Crippen LogP contribution < -0.4 is 5.32 Å². The zero-order valence-corrected chi connectivity index (χ0v) is 11.6. The summed E-state index contributed by atoms with van der Waals surface area (Å²) in [6, 6.07) is 9.83. The molecule has 1 aliphatic heterocycles. The summed E-state index contributed by atoms with van der Waals surface area (Å²) in [5.41, 5.74) is 1.82. The molecular formula is C15H18N4O2. The molecule has 2 N–H and O–H groups in total. The van der Waals surface area contributed by atoms with Crippen molar-refractivity contribution in [2.75, 3.05) is 18.4 Å². The highest BCUT2D eigenvalue weighted by Crippen LogP contribution is 2.13. The summed E-state index contributed by atoms with van der Waals surface area (Å²) >= 11 is 0. The fraction of sp³-hybridized carbons (Fsp3) is 0.333. The van der Waals surface area contributed by atoms with Crippen LogP contribution in [0, 0.1) is 0 Å². The van der Waals surface area contributed by atoms with Crippen LogP contribution in [0.3, 0.4) is 0 Å². The molecule has 0 aliphatic carbocycles. The van der Waals surface area contributed by atoms with Crippen molar-refractivity contribution < 1.29 is 9.90 Å². The SMILES string of the molecule is O=C(Nc1cnn(Cc2ccccc2)c1)N1CC[C@H](O)C1. The monoisotopic (exact) mass is 286 g/mol. The van der Waals surface area contributed by atoms with E-state index in [2.05, 4.69) is 10.4 Å². The summed E-state index contributed by atoms with van der Waals surface area (Å²) in [5.74, 6) is 0. The smallest absolute Gasteiger partial charge is 0.322 e. The van der Waals surface area contributed by atoms with Crippen LogP contribution in [0.15, 0.2) is 42.7 Å². The van der Waals surface area contributed by atoms with E-state index < -0.39 is 6.10 Å². The highest BCUT2D eigenvalue weighted by Gasteiger charge is 2.24. The van der Waals surface area contributed by atoms with Gasteiger partial charge < -0.3 is 15.3 Å². The number of likely N-dealkylation sites (tertiary alicyclic amines) is 1. The van der Waals surface area contributed by atoms with E-state index in [0.717, 1.165) is 5.56 Å². The average molecular weight is 286 g/mol. The molecule has 1 saturated heterocycles. The van der Waals surface area contributed by atoms with Gasteiger partial charge in [-0.1, -0.05) is 30.3 Å². The molecule has 21 heavy (non-hydrogen) atoms. The lowest BCUT2D eigenvalue weighted by Gasteiger charge is -2.15. The van der Waals surface area contributed by atoms with Crippen molar-refractivity contribution in [3.63, 3.8) is 0 Å². The molecule has 2 aromatic rings. The minimum atomic E-state index is -0.406. The Balaban J connectivity index is 1.59. The molecule has 2 amide bonds. The Bertz CT molecular complexity index is 611. The van der Waals surface area contributed by atoms with Crippen LogP contribution >= 0.6 is 0 Å². The van der Waals surface area contributed by atoms with Crippen molar-refractivity contribution in [3.05, 3.63) is 48.3 Å². The van der Waals surface area contributed by atoms with Crippen molar-refractivity contribution in [1.82, 2.24) is 14.7 Å². The first-order valence-electron chi connectivity index (χ1n) is 7.01. The Morgan fingerprint density at radius 3 is 2.90 bits per heavy atom. The number of β-amino-alcohol motifs (C(OH)–C–C–N with tert-alkyl or cyclic N) is 1. The molecule has 1 aliphatic rings. The van der Waals surface area contributed by atoms with Gasteiger partial charge in [-0.15, -0.1) is 0 Å². The van der Waals surface area contributed by atoms with Gasteiger partial charge >= 0.3 is 6.03 Å². The fourth-order valence-electron chi connectivity index (χ4n) is 2.41. The number of hydrogen-bond donors (Lipinski definition) is 2. The molecule has 1 fully saturated rings. The third-order valence-corrected chi connectivity index (χ3v) is 3.52. The van der Waals surface area contributed by atoms with E-state index in [1.165, 1.54) is 0 Å². The van der Waals surface area contributed by atoms with Gasteiger partial charge in [0.25, 0.3) is 0 Å². The number of hydrogen-bond acceptors (Lipinski definition) is 3. The van der Waals surface area contributed by atoms with Crippen molar-refractivity contribution in [2.24, 2.45) is 0 Å². The molecule has 110 valence electrons. The number of aromatic nitrogens is 2. The number of nitrogens with zero attached hydrogens (tertiary/aromatic N) is 3. The quantitative estimate of drug-likeness (QED) is 0.899. The highest BCUT2D eigenvalue weighted by atomic mass is 16.3. The van der Waals surface area contributed by atoms with E-state index in [9.17, 15) is 9.90 Å². The predicted molar refractivity (Wildman–Crippen MR) is 79.0 cm³/mol. The summed E-state index contributed by atoms with van der Waals surface area (Å²) in [6.45, 7) is 1.65. The molecule has 0 bridgehead atoms. The summed E-state index contributed by atoms with van der Waals surface area (Å²) in [6.07, 6.45) is 3.67. The molecule has 6 heteroatoms. The normalized spacial score (nSPS) is 18.0. The van der Waals surface area contributed by atoms with Crippen LogP contribution in [0.2, 0.25) is 0 Å². The van der Waals surface area contributed by atoms with Gasteiger partial charge in [0.05, 0.1) is 24.5 Å². The summed E-state index contributed by atoms with van der Waals surface area (Å²) in [4.78, 5) is 13.6. The standard InChI is InChI=1S/C15H18N4O2/c20-14-6-7-18(11-14)15(21)17-13-8-16-19(10-13)9-12-4-2-1-3-5-12/h1-5,8,10,14,20H,6-7,9,11H2,(H,17,21)/t14-/m0/s1. The first-order valence-corrected chi connectivity index (χ1v) is 7.01. The Labute approximate surface area is 123 Å². The Hall–Kier alpha value is -2.34. The Morgan fingerprint density at radius 1 is 1.38 bits per heavy atom. The van der Waals surface area contributed by atoms with Crippen LogP contribution in [-0.4, -0.2) is 45.0 Å². The third-order valence-electron chi connectivity index (χ3n) is 3.52. The topological polar surface area (TPSA) is 70.4 Å². The number of urea groups is 1. The minimum absolute atomic E-state index is 0.189. The number of amides is 2. The van der Waals surface area contributed by atoms with Gasteiger partial charge in [0, 0.05) is 19.3 Å². The summed E-state index contributed by atoms with van der Waals surface area (Å²) in [5, 5.41) is 16.5. The summed E-state index contributed by atoms with van der Waals surface area (Å²) in [7, 11) is 0. The van der Waals surface area contributed by atoms with E-state index in [1.54, 1.807) is 22.0 Å². The van der Waals surface area contributed by atoms with Gasteiger partial charge in [-0.2, -0.15) is 5.10 Å². The second kappa shape index (κ2) is 5.97. The second-order valence-electron chi connectivity index (χ2n) is 5.23. The largest absolute Gasteiger partial charge is 0.391 e. The van der Waals surface area contributed by atoms with Crippen molar-refractivity contribution in [2.45, 2.75) is 19.1 Å². The molecule has 6 nitrogen and oxygen atoms in total. The lowest BCUT2D eigenvalue weighted by atomic mass is 10.2. The molecule has 0 radical (unpaired) electrons. The maximum atomic E-state index is 12.0. The molecule has 1 aromatic heterocycles. The number of benzene rings is 1. The molecule has 1 atom stereocenters. The van der Waals surface area contributed by atoms with Crippen molar-refractivity contribution in [1.29, 1.82) is 0 Å². The van der Waals surface area contributed by atoms with Gasteiger partial charge in [0.1, 0.15) is 0 Å². The van der Waals surface area contributed by atoms with E-state index in [0.29, 0.717) is 31.7 Å². The van der Waals surface area contributed by atoms with E-state index in [1.807, 2.05) is 30.3 Å². The zero-order valence-electron chi connectivity index (χ0n) is 11.6. The van der Waals surface area contributed by atoms with Gasteiger partial charge in [-0.25, -0.2) is 4.79 Å². The van der Waals surface area contributed by atoms with Crippen molar-refractivity contribution in [3.8, 4) is 0 Å². The number of anilines is 1. The molecule has 3 rings (SSSR count). The van der Waals surface area contributed by atoms with Crippen LogP contribution in [-0.2, 0) is 6.54 Å². The van der Waals surface area contributed by atoms with E-state index in [4.69, 9.17) is 0 Å². The minimum Gasteiger partial charge on any atom is -0.391 e. The number of aliphatic hydroxyl groups excluding tert-OH is 1. The maximum Gasteiger partial charge on any atom is 0.322 e. The van der Waals surface area contributed by atoms with Crippen LogP contribution in [0.25, 0.3) is 0 Å². The predicted octanol–water partition coefficient (Wildman–Crippen LogP) is 1.53. The zero-order chi connectivity index (χ0) is 14.7. The fourth-order valence-corrected chi connectivity index (χ4v) is 2.41. The number of nitrogens with one attached hydrogen (secondary N) is 1. The first kappa shape index (κ1) is 13.6. The number of carbonyl (C=O) groups excluding carboxylic acids is 1. The lowest BCUT2D eigenvalue weighted by molar-refractivity contribution is 0.176. The Morgan fingerprint density at radius 2 is 2.19 bits per heavy atom. The first-order chi connectivity index (χ1) is 10.2. The molecule has 0 saturated carbocycles. The van der Waals surface area contributed by atoms with Crippen LogP contribution in [0.5, 0.6) is 0 Å². The molecule has 2 heterocycles. The molecular weight excluding hydrogens is 268 g/mol. The third kappa shape index (κ3) is 3.41. The van der Waals surface area contributed by atoms with Crippen molar-refractivity contribution >= 4 is 11.7 Å². The van der Waals surface area contributed by atoms with Gasteiger partial charge in [-0.3, -0.25) is 4.68 Å². The van der Waals surface area contributed by atoms with Gasteiger partial charge in [-0.05, 0) is 12.0 Å². The maximum absolute atomic E-state index is 12.0. The summed E-state index contributed by atoms with van der Waals surface area (Å²) < 4.78 is 1.78.